The summed E-state index contributed by atoms with van der Waals surface area (Å²) in [6, 6.07) is 5.81. The largest absolute Gasteiger partial charge is 0.403 e. The first-order chi connectivity index (χ1) is 15.9. The average Bonchev–Trinajstić information content (AvgIpc) is 2.74. The van der Waals surface area contributed by atoms with Gasteiger partial charge in [0.05, 0.1) is 22.7 Å². The average molecular weight is 553 g/mol. The standard InChI is InChI=1S/C20H18Cl3F2N5O3S/c1-20(22,23)7-15(31)28-9-2-3-11(21)10(6-9)18(32)29-13-5-4-12(24)17(16(13)25)30-19(33)14(8-26)34-27/h2-6,8H,7,26-27H2,1H3,(H,28,31)(H,29,32)(H,30,33)/b14-8-. The smallest absolute Gasteiger partial charge is 0.265 e. The van der Waals surface area contributed by atoms with Gasteiger partial charge in [-0.1, -0.05) is 11.6 Å². The number of alkyl halides is 2. The Bertz CT molecular complexity index is 1160. The van der Waals surface area contributed by atoms with Crippen molar-refractivity contribution < 1.29 is 23.2 Å². The van der Waals surface area contributed by atoms with Gasteiger partial charge in [0.25, 0.3) is 11.8 Å². The molecule has 2 aromatic carbocycles. The van der Waals surface area contributed by atoms with E-state index < -0.39 is 45.1 Å². The zero-order valence-corrected chi connectivity index (χ0v) is 20.4. The number of halogens is 5. The van der Waals surface area contributed by atoms with Crippen LogP contribution in [0.3, 0.4) is 0 Å². The molecule has 14 heteroatoms. The molecule has 8 nitrogen and oxygen atoms in total. The molecule has 0 aliphatic heterocycles. The van der Waals surface area contributed by atoms with Gasteiger partial charge >= 0.3 is 0 Å². The van der Waals surface area contributed by atoms with Gasteiger partial charge in [0.2, 0.25) is 5.91 Å². The van der Waals surface area contributed by atoms with E-state index in [9.17, 15) is 23.2 Å². The first-order valence-corrected chi connectivity index (χ1v) is 11.2. The maximum absolute atomic E-state index is 14.9. The van der Waals surface area contributed by atoms with Crippen molar-refractivity contribution in [2.45, 2.75) is 17.7 Å². The molecule has 0 fully saturated rings. The summed E-state index contributed by atoms with van der Waals surface area (Å²) in [5.41, 5.74) is 4.04. The second-order valence-corrected chi connectivity index (χ2v) is 9.78. The van der Waals surface area contributed by atoms with Crippen LogP contribution in [0.4, 0.5) is 25.8 Å². The number of rotatable bonds is 8. The van der Waals surface area contributed by atoms with E-state index in [1.165, 1.54) is 25.1 Å². The highest BCUT2D eigenvalue weighted by Crippen LogP contribution is 2.29. The molecule has 2 rings (SSSR count). The molecule has 0 radical (unpaired) electrons. The van der Waals surface area contributed by atoms with Crippen molar-refractivity contribution in [3.8, 4) is 0 Å². The van der Waals surface area contributed by atoms with E-state index in [1.807, 2.05) is 5.32 Å². The SMILES string of the molecule is CC(Cl)(Cl)CC(=O)Nc1ccc(Cl)c(C(=O)Nc2ccc(F)c(NC(=O)/C(=C/N)SN)c2F)c1. The molecule has 7 N–H and O–H groups in total. The molecular weight excluding hydrogens is 535 g/mol. The lowest BCUT2D eigenvalue weighted by Crippen LogP contribution is -2.21. The topological polar surface area (TPSA) is 139 Å². The van der Waals surface area contributed by atoms with Crippen molar-refractivity contribution >= 4 is 81.5 Å². The van der Waals surface area contributed by atoms with Gasteiger partial charge in [-0.3, -0.25) is 19.5 Å². The second-order valence-electron chi connectivity index (χ2n) is 6.83. The fourth-order valence-corrected chi connectivity index (χ4v) is 3.24. The van der Waals surface area contributed by atoms with Crippen molar-refractivity contribution in [1.29, 1.82) is 0 Å². The van der Waals surface area contributed by atoms with Crippen LogP contribution in [0, 0.1) is 11.6 Å². The van der Waals surface area contributed by atoms with Crippen LogP contribution in [0.25, 0.3) is 0 Å². The fraction of sp³-hybridized carbons (Fsp3) is 0.150. The van der Waals surface area contributed by atoms with E-state index in [1.54, 1.807) is 0 Å². The predicted octanol–water partition coefficient (Wildman–Crippen LogP) is 4.74. The van der Waals surface area contributed by atoms with Gasteiger partial charge < -0.3 is 21.7 Å². The van der Waals surface area contributed by atoms with Gasteiger partial charge in [-0.2, -0.15) is 0 Å². The molecule has 0 unspecified atom stereocenters. The number of hydrogen-bond acceptors (Lipinski definition) is 6. The van der Waals surface area contributed by atoms with Crippen LogP contribution in [-0.4, -0.2) is 22.1 Å². The maximum Gasteiger partial charge on any atom is 0.265 e. The maximum atomic E-state index is 14.9. The molecule has 0 bridgehead atoms. The number of anilines is 3. The summed E-state index contributed by atoms with van der Waals surface area (Å²) in [4.78, 5) is 36.6. The van der Waals surface area contributed by atoms with Crippen molar-refractivity contribution in [3.05, 3.63) is 63.7 Å². The number of amides is 3. The first-order valence-electron chi connectivity index (χ1n) is 9.22. The molecular formula is C20H18Cl3F2N5O3S. The minimum absolute atomic E-state index is 0.0104. The normalized spacial score (nSPS) is 11.7. The number of nitrogens with two attached hydrogens (primary N) is 2. The second kappa shape index (κ2) is 11.7. The molecule has 0 aliphatic rings. The summed E-state index contributed by atoms with van der Waals surface area (Å²) >= 11 is 18.2. The Morgan fingerprint density at radius 3 is 2.38 bits per heavy atom. The highest BCUT2D eigenvalue weighted by Gasteiger charge is 2.23. The third-order valence-electron chi connectivity index (χ3n) is 4.05. The third kappa shape index (κ3) is 7.47. The van der Waals surface area contributed by atoms with Crippen molar-refractivity contribution in [2.24, 2.45) is 10.9 Å². The van der Waals surface area contributed by atoms with Gasteiger partial charge in [0, 0.05) is 11.9 Å². The molecule has 182 valence electrons. The Morgan fingerprint density at radius 2 is 1.79 bits per heavy atom. The molecule has 0 saturated heterocycles. The molecule has 0 spiro atoms. The molecule has 0 saturated carbocycles. The van der Waals surface area contributed by atoms with E-state index in [2.05, 4.69) is 10.6 Å². The number of carbonyl (C=O) groups excluding carboxylic acids is 3. The minimum atomic E-state index is -1.30. The Hall–Kier alpha value is -2.57. The quantitative estimate of drug-likeness (QED) is 0.182. The summed E-state index contributed by atoms with van der Waals surface area (Å²) in [7, 11) is 0. The predicted molar refractivity (Wildman–Crippen MR) is 132 cm³/mol. The minimum Gasteiger partial charge on any atom is -0.403 e. The van der Waals surface area contributed by atoms with Crippen LogP contribution < -0.4 is 26.8 Å². The fourth-order valence-electron chi connectivity index (χ4n) is 2.56. The van der Waals surface area contributed by atoms with Crippen LogP contribution in [0.2, 0.25) is 5.02 Å². The lowest BCUT2D eigenvalue weighted by molar-refractivity contribution is -0.116. The molecule has 0 atom stereocenters. The summed E-state index contributed by atoms with van der Waals surface area (Å²) in [6.45, 7) is 1.44. The third-order valence-corrected chi connectivity index (χ3v) is 5.22. The molecule has 0 aliphatic carbocycles. The molecule has 0 aromatic heterocycles. The summed E-state index contributed by atoms with van der Waals surface area (Å²) in [6.07, 6.45) is 0.648. The van der Waals surface area contributed by atoms with Gasteiger partial charge in [-0.25, -0.2) is 8.78 Å². The zero-order valence-electron chi connectivity index (χ0n) is 17.3. The number of hydrogen-bond donors (Lipinski definition) is 5. The van der Waals surface area contributed by atoms with E-state index in [0.29, 0.717) is 11.9 Å². The molecule has 3 amide bonds. The van der Waals surface area contributed by atoms with E-state index in [-0.39, 0.29) is 27.6 Å². The molecule has 34 heavy (non-hydrogen) atoms. The highest BCUT2D eigenvalue weighted by molar-refractivity contribution is 8.01. The van der Waals surface area contributed by atoms with Gasteiger partial charge in [0.1, 0.15) is 20.7 Å². The van der Waals surface area contributed by atoms with Crippen LogP contribution in [0.1, 0.15) is 23.7 Å². The summed E-state index contributed by atoms with van der Waals surface area (Å²) in [5, 5.41) is 12.0. The van der Waals surface area contributed by atoms with Gasteiger partial charge in [0.15, 0.2) is 5.82 Å². The van der Waals surface area contributed by atoms with Crippen molar-refractivity contribution in [1.82, 2.24) is 0 Å². The molecule has 2 aromatic rings. The summed E-state index contributed by atoms with van der Waals surface area (Å²) in [5.74, 6) is -4.70. The summed E-state index contributed by atoms with van der Waals surface area (Å²) < 4.78 is 27.7. The van der Waals surface area contributed by atoms with E-state index in [4.69, 9.17) is 45.7 Å². The van der Waals surface area contributed by atoms with E-state index in [0.717, 1.165) is 18.3 Å². The number of nitrogens with one attached hydrogen (secondary N) is 3. The zero-order chi connectivity index (χ0) is 25.6. The van der Waals surface area contributed by atoms with Crippen LogP contribution in [0.15, 0.2) is 41.4 Å². The Balaban J connectivity index is 2.27. The van der Waals surface area contributed by atoms with Crippen LogP contribution in [-0.2, 0) is 9.59 Å². The van der Waals surface area contributed by atoms with Gasteiger partial charge in [-0.15, -0.1) is 23.2 Å². The monoisotopic (exact) mass is 551 g/mol. The molecule has 0 heterocycles. The Morgan fingerprint density at radius 1 is 1.12 bits per heavy atom. The van der Waals surface area contributed by atoms with Crippen molar-refractivity contribution in [2.75, 3.05) is 16.0 Å². The Labute approximate surface area is 212 Å². The lowest BCUT2D eigenvalue weighted by Gasteiger charge is -2.15. The number of benzene rings is 2. The van der Waals surface area contributed by atoms with Crippen LogP contribution >= 0.6 is 46.8 Å². The Kier molecular flexibility index (Phi) is 9.54. The van der Waals surface area contributed by atoms with Gasteiger partial charge in [-0.05, 0) is 49.2 Å². The van der Waals surface area contributed by atoms with Crippen molar-refractivity contribution in [3.63, 3.8) is 0 Å². The lowest BCUT2D eigenvalue weighted by atomic mass is 10.1. The number of carbonyl (C=O) groups is 3. The van der Waals surface area contributed by atoms with Crippen LogP contribution in [0.5, 0.6) is 0 Å². The highest BCUT2D eigenvalue weighted by atomic mass is 35.5. The van der Waals surface area contributed by atoms with E-state index >= 15 is 0 Å². The first kappa shape index (κ1) is 27.7.